The first-order valence-electron chi connectivity index (χ1n) is 5.12. The molecule has 1 saturated heterocycles. The smallest absolute Gasteiger partial charge is 0.318 e. The summed E-state index contributed by atoms with van der Waals surface area (Å²) in [6.07, 6.45) is 0.827. The van der Waals surface area contributed by atoms with E-state index in [-0.39, 0.29) is 12.1 Å². The normalized spacial score (nSPS) is 23.3. The minimum Gasteiger partial charge on any atom is -0.508 e. The number of nitrogens with one attached hydrogen (secondary N) is 1. The predicted octanol–water partition coefficient (Wildman–Crippen LogP) is 1.01. The van der Waals surface area contributed by atoms with Gasteiger partial charge in [-0.15, -0.1) is 0 Å². The van der Waals surface area contributed by atoms with Crippen molar-refractivity contribution < 1.29 is 9.90 Å². The topological polar surface area (TPSA) is 52.6 Å². The Hall–Kier alpha value is -1.71. The molecule has 4 nitrogen and oxygen atoms in total. The van der Waals surface area contributed by atoms with Gasteiger partial charge in [-0.1, -0.05) is 6.07 Å². The van der Waals surface area contributed by atoms with Crippen molar-refractivity contribution in [2.75, 3.05) is 13.1 Å². The van der Waals surface area contributed by atoms with Gasteiger partial charge < -0.3 is 15.3 Å². The van der Waals surface area contributed by atoms with Crippen molar-refractivity contribution in [3.8, 4) is 5.75 Å². The van der Waals surface area contributed by atoms with Crippen LogP contribution >= 0.6 is 0 Å². The first-order chi connectivity index (χ1) is 7.25. The van der Waals surface area contributed by atoms with Crippen molar-refractivity contribution in [2.45, 2.75) is 12.5 Å². The predicted molar refractivity (Wildman–Crippen MR) is 54.7 cm³/mol. The van der Waals surface area contributed by atoms with Crippen LogP contribution in [0.2, 0.25) is 0 Å². The van der Waals surface area contributed by atoms with Crippen molar-refractivity contribution >= 4 is 6.03 Å². The minimum absolute atomic E-state index is 0.0266. The van der Waals surface area contributed by atoms with E-state index in [9.17, 15) is 9.90 Å². The molecule has 0 saturated carbocycles. The van der Waals surface area contributed by atoms with Crippen molar-refractivity contribution in [3.05, 3.63) is 29.3 Å². The molecule has 2 aliphatic heterocycles. The molecule has 1 fully saturated rings. The molecule has 0 radical (unpaired) electrons. The standard InChI is InChI=1S/C11H12N2O2/c14-8-1-2-9-7(5-8)3-4-13-10(9)6-12-11(13)15/h1-2,5,10,14H,3-4,6H2,(H,12,15). The lowest BCUT2D eigenvalue weighted by atomic mass is 9.93. The van der Waals surface area contributed by atoms with Crippen LogP contribution in [0.3, 0.4) is 0 Å². The third-order valence-corrected chi connectivity index (χ3v) is 3.19. The number of hydrogen-bond acceptors (Lipinski definition) is 2. The molecule has 2 heterocycles. The Balaban J connectivity index is 2.06. The Bertz CT molecular complexity index is 431. The van der Waals surface area contributed by atoms with Crippen LogP contribution < -0.4 is 5.32 Å². The lowest BCUT2D eigenvalue weighted by Crippen LogP contribution is -2.35. The number of aromatic hydroxyl groups is 1. The maximum atomic E-state index is 11.5. The second kappa shape index (κ2) is 2.89. The molecule has 0 bridgehead atoms. The molecule has 0 aliphatic carbocycles. The minimum atomic E-state index is 0.0266. The summed E-state index contributed by atoms with van der Waals surface area (Å²) in [6.45, 7) is 1.42. The Labute approximate surface area is 87.5 Å². The highest BCUT2D eigenvalue weighted by Gasteiger charge is 2.35. The Morgan fingerprint density at radius 1 is 1.47 bits per heavy atom. The zero-order chi connectivity index (χ0) is 10.4. The van der Waals surface area contributed by atoms with Crippen LogP contribution in [0, 0.1) is 0 Å². The maximum absolute atomic E-state index is 11.5. The number of nitrogens with zero attached hydrogens (tertiary/aromatic N) is 1. The fourth-order valence-electron chi connectivity index (χ4n) is 2.45. The van der Waals surface area contributed by atoms with Crippen LogP contribution in [0.5, 0.6) is 5.75 Å². The van der Waals surface area contributed by atoms with Gasteiger partial charge in [0.25, 0.3) is 0 Å². The molecule has 4 heteroatoms. The molecule has 3 rings (SSSR count). The highest BCUT2D eigenvalue weighted by Crippen LogP contribution is 2.33. The van der Waals surface area contributed by atoms with Gasteiger partial charge in [-0.3, -0.25) is 0 Å². The van der Waals surface area contributed by atoms with E-state index in [2.05, 4.69) is 5.32 Å². The Morgan fingerprint density at radius 3 is 3.20 bits per heavy atom. The third-order valence-electron chi connectivity index (χ3n) is 3.19. The van der Waals surface area contributed by atoms with Crippen molar-refractivity contribution in [1.29, 1.82) is 0 Å². The van der Waals surface area contributed by atoms with Crippen LogP contribution in [-0.2, 0) is 6.42 Å². The average Bonchev–Trinajstić information content (AvgIpc) is 2.60. The van der Waals surface area contributed by atoms with Crippen molar-refractivity contribution in [3.63, 3.8) is 0 Å². The second-order valence-corrected chi connectivity index (χ2v) is 4.03. The number of urea groups is 1. The van der Waals surface area contributed by atoms with E-state index in [1.54, 1.807) is 12.1 Å². The van der Waals surface area contributed by atoms with E-state index >= 15 is 0 Å². The summed E-state index contributed by atoms with van der Waals surface area (Å²) in [5.41, 5.74) is 2.32. The van der Waals surface area contributed by atoms with Gasteiger partial charge in [-0.05, 0) is 29.7 Å². The molecule has 1 aromatic rings. The van der Waals surface area contributed by atoms with Crippen molar-refractivity contribution in [2.24, 2.45) is 0 Å². The van der Waals surface area contributed by atoms with Crippen LogP contribution in [-0.4, -0.2) is 29.1 Å². The van der Waals surface area contributed by atoms with E-state index in [4.69, 9.17) is 0 Å². The number of benzene rings is 1. The number of phenols is 1. The largest absolute Gasteiger partial charge is 0.508 e. The zero-order valence-electron chi connectivity index (χ0n) is 8.23. The van der Waals surface area contributed by atoms with E-state index in [0.717, 1.165) is 24.1 Å². The number of fused-ring (bicyclic) bond motifs is 3. The molecular weight excluding hydrogens is 192 g/mol. The molecule has 15 heavy (non-hydrogen) atoms. The molecule has 1 atom stereocenters. The van der Waals surface area contributed by atoms with Crippen molar-refractivity contribution in [1.82, 2.24) is 10.2 Å². The lowest BCUT2D eigenvalue weighted by Gasteiger charge is -2.30. The van der Waals surface area contributed by atoms with Gasteiger partial charge in [0.15, 0.2) is 0 Å². The van der Waals surface area contributed by atoms with E-state index in [1.165, 1.54) is 0 Å². The third kappa shape index (κ3) is 1.17. The van der Waals surface area contributed by atoms with Gasteiger partial charge >= 0.3 is 6.03 Å². The van der Waals surface area contributed by atoms with Gasteiger partial charge in [-0.25, -0.2) is 4.79 Å². The number of phenolic OH excluding ortho intramolecular Hbond substituents is 1. The molecule has 2 amide bonds. The number of amides is 2. The summed E-state index contributed by atoms with van der Waals surface area (Å²) in [6, 6.07) is 5.59. The molecule has 2 N–H and O–H groups in total. The fourth-order valence-corrected chi connectivity index (χ4v) is 2.45. The summed E-state index contributed by atoms with van der Waals surface area (Å²) in [4.78, 5) is 13.3. The van der Waals surface area contributed by atoms with Gasteiger partial charge in [0.1, 0.15) is 5.75 Å². The van der Waals surface area contributed by atoms with Crippen LogP contribution in [0.15, 0.2) is 18.2 Å². The summed E-state index contributed by atoms with van der Waals surface area (Å²) in [5, 5.41) is 12.2. The number of carbonyl (C=O) groups excluding carboxylic acids is 1. The first kappa shape index (κ1) is 8.59. The average molecular weight is 204 g/mol. The highest BCUT2D eigenvalue weighted by atomic mass is 16.3. The molecule has 1 unspecified atom stereocenters. The van der Waals surface area contributed by atoms with Crippen LogP contribution in [0.4, 0.5) is 4.79 Å². The lowest BCUT2D eigenvalue weighted by molar-refractivity contribution is 0.200. The highest BCUT2D eigenvalue weighted by molar-refractivity contribution is 5.77. The molecule has 0 spiro atoms. The SMILES string of the molecule is O=C1NCC2c3ccc(O)cc3CCN12. The fraction of sp³-hybridized carbons (Fsp3) is 0.364. The van der Waals surface area contributed by atoms with E-state index < -0.39 is 0 Å². The van der Waals surface area contributed by atoms with E-state index in [1.807, 2.05) is 11.0 Å². The molecular formula is C11H12N2O2. The van der Waals surface area contributed by atoms with Crippen LogP contribution in [0.1, 0.15) is 17.2 Å². The van der Waals surface area contributed by atoms with E-state index in [0.29, 0.717) is 12.3 Å². The summed E-state index contributed by atoms with van der Waals surface area (Å²) >= 11 is 0. The molecule has 1 aromatic carbocycles. The monoisotopic (exact) mass is 204 g/mol. The van der Waals surface area contributed by atoms with Crippen LogP contribution in [0.25, 0.3) is 0 Å². The quantitative estimate of drug-likeness (QED) is 0.662. The summed E-state index contributed by atoms with van der Waals surface area (Å²) in [7, 11) is 0. The summed E-state index contributed by atoms with van der Waals surface area (Å²) < 4.78 is 0. The summed E-state index contributed by atoms with van der Waals surface area (Å²) in [5.74, 6) is 0.305. The maximum Gasteiger partial charge on any atom is 0.318 e. The number of hydrogen-bond donors (Lipinski definition) is 2. The first-order valence-corrected chi connectivity index (χ1v) is 5.12. The van der Waals surface area contributed by atoms with Gasteiger partial charge in [-0.2, -0.15) is 0 Å². The Kier molecular flexibility index (Phi) is 1.65. The molecule has 0 aromatic heterocycles. The van der Waals surface area contributed by atoms with Gasteiger partial charge in [0, 0.05) is 13.1 Å². The molecule has 2 aliphatic rings. The second-order valence-electron chi connectivity index (χ2n) is 4.03. The molecule has 78 valence electrons. The zero-order valence-corrected chi connectivity index (χ0v) is 8.23. The van der Waals surface area contributed by atoms with Gasteiger partial charge in [0.2, 0.25) is 0 Å². The Morgan fingerprint density at radius 2 is 2.33 bits per heavy atom. The number of carbonyl (C=O) groups is 1. The number of rotatable bonds is 0. The van der Waals surface area contributed by atoms with Gasteiger partial charge in [0.05, 0.1) is 6.04 Å².